The van der Waals surface area contributed by atoms with Crippen LogP contribution in [0.3, 0.4) is 0 Å². The summed E-state index contributed by atoms with van der Waals surface area (Å²) in [7, 11) is 0. The monoisotopic (exact) mass is 408 g/mol. The summed E-state index contributed by atoms with van der Waals surface area (Å²) in [6, 6.07) is 9.79. The molecule has 9 heteroatoms. The maximum Gasteiger partial charge on any atom is 0.267 e. The molecule has 1 aliphatic heterocycles. The second-order valence-electron chi connectivity index (χ2n) is 7.05. The fourth-order valence-electron chi connectivity index (χ4n) is 3.43. The van der Waals surface area contributed by atoms with Crippen LogP contribution in [0.2, 0.25) is 0 Å². The van der Waals surface area contributed by atoms with Crippen LogP contribution in [-0.2, 0) is 4.79 Å². The molecule has 1 aliphatic rings. The Kier molecular flexibility index (Phi) is 5.51. The number of piperazine rings is 1. The minimum absolute atomic E-state index is 0.172. The second kappa shape index (κ2) is 8.40. The highest BCUT2D eigenvalue weighted by Gasteiger charge is 2.27. The van der Waals surface area contributed by atoms with E-state index in [0.29, 0.717) is 43.4 Å². The Morgan fingerprint density at radius 1 is 1.00 bits per heavy atom. The summed E-state index contributed by atoms with van der Waals surface area (Å²) in [4.78, 5) is 37.6. The van der Waals surface area contributed by atoms with Crippen molar-refractivity contribution in [2.45, 2.75) is 13.0 Å². The van der Waals surface area contributed by atoms with Crippen molar-refractivity contribution >= 4 is 11.9 Å². The van der Waals surface area contributed by atoms with Crippen molar-refractivity contribution in [3.05, 3.63) is 71.0 Å². The third kappa shape index (κ3) is 4.05. The number of aromatic nitrogens is 4. The Balaban J connectivity index is 1.48. The predicted octanol–water partition coefficient (Wildman–Crippen LogP) is 1.75. The Morgan fingerprint density at radius 2 is 1.67 bits per heavy atom. The normalized spacial score (nSPS) is 15.1. The Morgan fingerprint density at radius 3 is 2.33 bits per heavy atom. The van der Waals surface area contributed by atoms with Crippen molar-refractivity contribution in [1.82, 2.24) is 24.6 Å². The first kappa shape index (κ1) is 19.7. The van der Waals surface area contributed by atoms with E-state index in [1.54, 1.807) is 48.5 Å². The fourth-order valence-corrected chi connectivity index (χ4v) is 3.43. The first-order valence-electron chi connectivity index (χ1n) is 9.69. The van der Waals surface area contributed by atoms with Crippen LogP contribution in [0.1, 0.15) is 13.0 Å². The maximum absolute atomic E-state index is 13.2. The van der Waals surface area contributed by atoms with Gasteiger partial charge in [0, 0.05) is 50.2 Å². The van der Waals surface area contributed by atoms with Crippen LogP contribution in [0, 0.1) is 5.82 Å². The second-order valence-corrected chi connectivity index (χ2v) is 7.05. The highest BCUT2D eigenvalue weighted by molar-refractivity contribution is 5.80. The lowest BCUT2D eigenvalue weighted by Crippen LogP contribution is -2.51. The van der Waals surface area contributed by atoms with Crippen LogP contribution in [0.5, 0.6) is 0 Å². The van der Waals surface area contributed by atoms with Gasteiger partial charge in [0.25, 0.3) is 5.56 Å². The summed E-state index contributed by atoms with van der Waals surface area (Å²) < 4.78 is 14.4. The van der Waals surface area contributed by atoms with Crippen LogP contribution >= 0.6 is 0 Å². The quantitative estimate of drug-likeness (QED) is 0.654. The molecule has 8 nitrogen and oxygen atoms in total. The smallest absolute Gasteiger partial charge is 0.267 e. The lowest BCUT2D eigenvalue weighted by Gasteiger charge is -2.35. The summed E-state index contributed by atoms with van der Waals surface area (Å²) in [5, 5.41) is 4.35. The Hall–Kier alpha value is -3.62. The Bertz CT molecular complexity index is 1080. The van der Waals surface area contributed by atoms with E-state index in [2.05, 4.69) is 15.1 Å². The average molecular weight is 408 g/mol. The van der Waals surface area contributed by atoms with Crippen molar-refractivity contribution in [1.29, 1.82) is 0 Å². The predicted molar refractivity (Wildman–Crippen MR) is 109 cm³/mol. The topological polar surface area (TPSA) is 84.2 Å². The van der Waals surface area contributed by atoms with Crippen LogP contribution in [-0.4, -0.2) is 56.7 Å². The molecule has 0 bridgehead atoms. The third-order valence-electron chi connectivity index (χ3n) is 5.12. The first-order chi connectivity index (χ1) is 14.5. The van der Waals surface area contributed by atoms with Gasteiger partial charge in [-0.15, -0.1) is 0 Å². The zero-order chi connectivity index (χ0) is 21.1. The highest BCUT2D eigenvalue weighted by Crippen LogP contribution is 2.18. The number of rotatable bonds is 4. The molecule has 1 atom stereocenters. The van der Waals surface area contributed by atoms with Crippen LogP contribution in [0.25, 0.3) is 11.3 Å². The van der Waals surface area contributed by atoms with Gasteiger partial charge in [-0.2, -0.15) is 5.10 Å². The molecule has 1 unspecified atom stereocenters. The van der Waals surface area contributed by atoms with Crippen molar-refractivity contribution in [2.24, 2.45) is 0 Å². The van der Waals surface area contributed by atoms with E-state index in [-0.39, 0.29) is 17.3 Å². The molecule has 2 aromatic heterocycles. The van der Waals surface area contributed by atoms with Crippen molar-refractivity contribution in [3.8, 4) is 11.3 Å². The third-order valence-corrected chi connectivity index (χ3v) is 5.12. The van der Waals surface area contributed by atoms with Gasteiger partial charge in [-0.1, -0.05) is 0 Å². The van der Waals surface area contributed by atoms with Crippen molar-refractivity contribution in [3.63, 3.8) is 0 Å². The number of carbonyl (C=O) groups is 1. The van der Waals surface area contributed by atoms with Crippen LogP contribution < -0.4 is 10.5 Å². The summed E-state index contributed by atoms with van der Waals surface area (Å²) in [5.74, 6) is 0.118. The van der Waals surface area contributed by atoms with E-state index in [1.165, 1.54) is 22.9 Å². The summed E-state index contributed by atoms with van der Waals surface area (Å²) >= 11 is 0. The van der Waals surface area contributed by atoms with E-state index in [9.17, 15) is 14.0 Å². The SMILES string of the molecule is CC(C(=O)N1CCN(c2ncccn2)CC1)n1nc(-c2ccc(F)cc2)ccc1=O. The van der Waals surface area contributed by atoms with Gasteiger partial charge in [0.2, 0.25) is 11.9 Å². The van der Waals surface area contributed by atoms with E-state index in [0.717, 1.165) is 0 Å². The van der Waals surface area contributed by atoms with Gasteiger partial charge in [-0.3, -0.25) is 9.59 Å². The summed E-state index contributed by atoms with van der Waals surface area (Å²) in [5.41, 5.74) is 0.805. The molecule has 0 aliphatic carbocycles. The number of hydrogen-bond acceptors (Lipinski definition) is 6. The Labute approximate surface area is 172 Å². The molecular weight excluding hydrogens is 387 g/mol. The van der Waals surface area contributed by atoms with E-state index in [1.807, 2.05) is 4.90 Å². The number of nitrogens with zero attached hydrogens (tertiary/aromatic N) is 6. The van der Waals surface area contributed by atoms with Gasteiger partial charge in [-0.05, 0) is 43.3 Å². The maximum atomic E-state index is 13.2. The largest absolute Gasteiger partial charge is 0.337 e. The van der Waals surface area contributed by atoms with Crippen molar-refractivity contribution < 1.29 is 9.18 Å². The van der Waals surface area contributed by atoms with Gasteiger partial charge >= 0.3 is 0 Å². The summed E-state index contributed by atoms with van der Waals surface area (Å²) in [6.07, 6.45) is 3.38. The standard InChI is InChI=1S/C21H21FN6O2/c1-15(20(30)26-11-13-27(14-12-26)21-23-9-2-10-24-21)28-19(29)8-7-18(25-28)16-3-5-17(22)6-4-16/h2-10,15H,11-14H2,1H3. The zero-order valence-electron chi connectivity index (χ0n) is 16.5. The molecule has 1 fully saturated rings. The molecule has 1 amide bonds. The van der Waals surface area contributed by atoms with E-state index >= 15 is 0 Å². The molecule has 3 heterocycles. The fraction of sp³-hybridized carbons (Fsp3) is 0.286. The van der Waals surface area contributed by atoms with E-state index in [4.69, 9.17) is 0 Å². The average Bonchev–Trinajstić information content (AvgIpc) is 2.80. The molecule has 1 aromatic carbocycles. The highest BCUT2D eigenvalue weighted by atomic mass is 19.1. The number of benzene rings is 1. The molecule has 4 rings (SSSR count). The van der Waals surface area contributed by atoms with Gasteiger partial charge in [0.15, 0.2) is 0 Å². The minimum Gasteiger partial charge on any atom is -0.337 e. The number of amides is 1. The molecule has 0 spiro atoms. The van der Waals surface area contributed by atoms with Gasteiger partial charge < -0.3 is 9.80 Å². The molecule has 0 saturated carbocycles. The molecule has 154 valence electrons. The molecule has 3 aromatic rings. The number of halogens is 1. The lowest BCUT2D eigenvalue weighted by atomic mass is 10.1. The van der Waals surface area contributed by atoms with Gasteiger partial charge in [0.1, 0.15) is 11.9 Å². The lowest BCUT2D eigenvalue weighted by molar-refractivity contribution is -0.135. The summed E-state index contributed by atoms with van der Waals surface area (Å²) in [6.45, 7) is 3.90. The first-order valence-corrected chi connectivity index (χ1v) is 9.69. The minimum atomic E-state index is -0.752. The molecule has 30 heavy (non-hydrogen) atoms. The molecule has 0 radical (unpaired) electrons. The molecular formula is C21H21FN6O2. The van der Waals surface area contributed by atoms with Crippen LogP contribution in [0.4, 0.5) is 10.3 Å². The van der Waals surface area contributed by atoms with Gasteiger partial charge in [-0.25, -0.2) is 19.0 Å². The number of hydrogen-bond donors (Lipinski definition) is 0. The number of anilines is 1. The van der Waals surface area contributed by atoms with Gasteiger partial charge in [0.05, 0.1) is 5.69 Å². The van der Waals surface area contributed by atoms with E-state index < -0.39 is 6.04 Å². The van der Waals surface area contributed by atoms with Crippen LogP contribution in [0.15, 0.2) is 59.7 Å². The molecule has 1 saturated heterocycles. The number of carbonyl (C=O) groups excluding carboxylic acids is 1. The molecule has 0 N–H and O–H groups in total. The zero-order valence-corrected chi connectivity index (χ0v) is 16.5. The van der Waals surface area contributed by atoms with Crippen molar-refractivity contribution in [2.75, 3.05) is 31.1 Å².